The summed E-state index contributed by atoms with van der Waals surface area (Å²) in [7, 11) is 0. The third kappa shape index (κ3) is 2.96. The standard InChI is InChI=1S/C11H21NO/c1-9-4-6-12-8-11(9)13-7-5-10-2-3-10/h9-12H,2-8H2,1H3. The Bertz CT molecular complexity index is 156. The fourth-order valence-corrected chi connectivity index (χ4v) is 1.98. The zero-order valence-electron chi connectivity index (χ0n) is 8.59. The number of rotatable bonds is 4. The van der Waals surface area contributed by atoms with Gasteiger partial charge in [0.25, 0.3) is 0 Å². The molecule has 0 spiro atoms. The lowest BCUT2D eigenvalue weighted by atomic mass is 9.97. The van der Waals surface area contributed by atoms with E-state index in [-0.39, 0.29) is 0 Å². The summed E-state index contributed by atoms with van der Waals surface area (Å²) in [5.74, 6) is 1.76. The van der Waals surface area contributed by atoms with Crippen molar-refractivity contribution in [3.8, 4) is 0 Å². The normalized spacial score (nSPS) is 34.8. The summed E-state index contributed by atoms with van der Waals surface area (Å²) in [6, 6.07) is 0. The molecule has 1 aliphatic carbocycles. The second-order valence-corrected chi connectivity index (χ2v) is 4.61. The van der Waals surface area contributed by atoms with Gasteiger partial charge in [-0.3, -0.25) is 0 Å². The molecule has 13 heavy (non-hydrogen) atoms. The molecule has 1 saturated carbocycles. The van der Waals surface area contributed by atoms with E-state index in [2.05, 4.69) is 12.2 Å². The summed E-state index contributed by atoms with van der Waals surface area (Å²) in [6.45, 7) is 5.53. The highest BCUT2D eigenvalue weighted by molar-refractivity contribution is 4.77. The van der Waals surface area contributed by atoms with Crippen LogP contribution in [0.4, 0.5) is 0 Å². The van der Waals surface area contributed by atoms with Gasteiger partial charge in [0, 0.05) is 13.2 Å². The second kappa shape index (κ2) is 4.43. The molecule has 2 fully saturated rings. The maximum absolute atomic E-state index is 5.88. The van der Waals surface area contributed by atoms with Crippen molar-refractivity contribution in [1.29, 1.82) is 0 Å². The molecule has 2 rings (SSSR count). The lowest BCUT2D eigenvalue weighted by Gasteiger charge is -2.29. The number of ether oxygens (including phenoxy) is 1. The Balaban J connectivity index is 1.60. The molecule has 0 aromatic rings. The molecular weight excluding hydrogens is 162 g/mol. The summed E-state index contributed by atoms with van der Waals surface area (Å²) in [5.41, 5.74) is 0. The van der Waals surface area contributed by atoms with E-state index in [9.17, 15) is 0 Å². The predicted molar refractivity (Wildman–Crippen MR) is 53.7 cm³/mol. The van der Waals surface area contributed by atoms with Gasteiger partial charge in [0.15, 0.2) is 0 Å². The van der Waals surface area contributed by atoms with E-state index in [1.54, 1.807) is 0 Å². The van der Waals surface area contributed by atoms with E-state index >= 15 is 0 Å². The molecule has 2 aliphatic rings. The summed E-state index contributed by atoms with van der Waals surface area (Å²) in [6.07, 6.45) is 5.94. The van der Waals surface area contributed by atoms with Crippen LogP contribution in [0.15, 0.2) is 0 Å². The molecule has 1 aliphatic heterocycles. The van der Waals surface area contributed by atoms with Gasteiger partial charge in [-0.05, 0) is 31.2 Å². The van der Waals surface area contributed by atoms with Crippen molar-refractivity contribution in [2.75, 3.05) is 19.7 Å². The molecule has 2 unspecified atom stereocenters. The smallest absolute Gasteiger partial charge is 0.0725 e. The van der Waals surface area contributed by atoms with Gasteiger partial charge < -0.3 is 10.1 Å². The second-order valence-electron chi connectivity index (χ2n) is 4.61. The largest absolute Gasteiger partial charge is 0.377 e. The van der Waals surface area contributed by atoms with Crippen molar-refractivity contribution in [2.24, 2.45) is 11.8 Å². The molecule has 1 heterocycles. The molecule has 76 valence electrons. The van der Waals surface area contributed by atoms with Crippen molar-refractivity contribution in [1.82, 2.24) is 5.32 Å². The summed E-state index contributed by atoms with van der Waals surface area (Å²) >= 11 is 0. The van der Waals surface area contributed by atoms with E-state index in [0.29, 0.717) is 6.10 Å². The minimum atomic E-state index is 0.479. The molecular formula is C11H21NO. The number of hydrogen-bond donors (Lipinski definition) is 1. The fourth-order valence-electron chi connectivity index (χ4n) is 1.98. The highest BCUT2D eigenvalue weighted by atomic mass is 16.5. The molecule has 2 nitrogen and oxygen atoms in total. The Hall–Kier alpha value is -0.0800. The average molecular weight is 183 g/mol. The SMILES string of the molecule is CC1CCNCC1OCCC1CC1. The maximum atomic E-state index is 5.88. The predicted octanol–water partition coefficient (Wildman–Crippen LogP) is 1.80. The highest BCUT2D eigenvalue weighted by Gasteiger charge is 2.24. The van der Waals surface area contributed by atoms with Crippen LogP contribution in [-0.4, -0.2) is 25.8 Å². The first-order valence-electron chi connectivity index (χ1n) is 5.68. The number of piperidine rings is 1. The van der Waals surface area contributed by atoms with Crippen LogP contribution >= 0.6 is 0 Å². The Kier molecular flexibility index (Phi) is 3.23. The minimum Gasteiger partial charge on any atom is -0.377 e. The Morgan fingerprint density at radius 3 is 2.85 bits per heavy atom. The van der Waals surface area contributed by atoms with Crippen LogP contribution in [0.25, 0.3) is 0 Å². The van der Waals surface area contributed by atoms with Gasteiger partial charge in [-0.25, -0.2) is 0 Å². The van der Waals surface area contributed by atoms with Crippen molar-refractivity contribution < 1.29 is 4.74 Å². The number of nitrogens with one attached hydrogen (secondary N) is 1. The topological polar surface area (TPSA) is 21.3 Å². The Labute approximate surface area is 81.0 Å². The van der Waals surface area contributed by atoms with Gasteiger partial charge in [0.1, 0.15) is 0 Å². The van der Waals surface area contributed by atoms with Crippen LogP contribution in [0.3, 0.4) is 0 Å². The van der Waals surface area contributed by atoms with E-state index in [0.717, 1.165) is 25.0 Å². The summed E-state index contributed by atoms with van der Waals surface area (Å²) in [5, 5.41) is 3.39. The first-order chi connectivity index (χ1) is 6.36. The molecule has 0 aromatic carbocycles. The third-order valence-corrected chi connectivity index (χ3v) is 3.31. The van der Waals surface area contributed by atoms with Gasteiger partial charge in [-0.1, -0.05) is 19.8 Å². The quantitative estimate of drug-likeness (QED) is 0.717. The molecule has 0 aromatic heterocycles. The van der Waals surface area contributed by atoms with Crippen LogP contribution in [-0.2, 0) is 4.74 Å². The minimum absolute atomic E-state index is 0.479. The zero-order chi connectivity index (χ0) is 9.10. The lowest BCUT2D eigenvalue weighted by molar-refractivity contribution is 0.00146. The van der Waals surface area contributed by atoms with Crippen LogP contribution in [0.2, 0.25) is 0 Å². The van der Waals surface area contributed by atoms with E-state index in [4.69, 9.17) is 4.74 Å². The van der Waals surface area contributed by atoms with Gasteiger partial charge in [-0.15, -0.1) is 0 Å². The first kappa shape index (κ1) is 9.47. The number of hydrogen-bond acceptors (Lipinski definition) is 2. The fraction of sp³-hybridized carbons (Fsp3) is 1.00. The first-order valence-corrected chi connectivity index (χ1v) is 5.68. The van der Waals surface area contributed by atoms with Crippen LogP contribution in [0.1, 0.15) is 32.6 Å². The molecule has 0 bridgehead atoms. The van der Waals surface area contributed by atoms with Gasteiger partial charge in [0.05, 0.1) is 6.10 Å². The summed E-state index contributed by atoms with van der Waals surface area (Å²) < 4.78 is 5.88. The van der Waals surface area contributed by atoms with Crippen LogP contribution in [0, 0.1) is 11.8 Å². The lowest BCUT2D eigenvalue weighted by Crippen LogP contribution is -2.41. The van der Waals surface area contributed by atoms with E-state index in [1.807, 2.05) is 0 Å². The molecule has 2 atom stereocenters. The van der Waals surface area contributed by atoms with Gasteiger partial charge >= 0.3 is 0 Å². The molecule has 2 heteroatoms. The molecule has 0 radical (unpaired) electrons. The van der Waals surface area contributed by atoms with Crippen molar-refractivity contribution >= 4 is 0 Å². The Morgan fingerprint density at radius 2 is 2.15 bits per heavy atom. The molecule has 0 amide bonds. The third-order valence-electron chi connectivity index (χ3n) is 3.31. The molecule has 1 saturated heterocycles. The Morgan fingerprint density at radius 1 is 1.31 bits per heavy atom. The highest BCUT2D eigenvalue weighted by Crippen LogP contribution is 2.32. The van der Waals surface area contributed by atoms with Gasteiger partial charge in [-0.2, -0.15) is 0 Å². The van der Waals surface area contributed by atoms with E-state index in [1.165, 1.54) is 32.2 Å². The monoisotopic (exact) mass is 183 g/mol. The van der Waals surface area contributed by atoms with Crippen molar-refractivity contribution in [3.63, 3.8) is 0 Å². The van der Waals surface area contributed by atoms with Crippen molar-refractivity contribution in [3.05, 3.63) is 0 Å². The zero-order valence-corrected chi connectivity index (χ0v) is 8.59. The van der Waals surface area contributed by atoms with Crippen LogP contribution in [0.5, 0.6) is 0 Å². The maximum Gasteiger partial charge on any atom is 0.0725 e. The molecule has 1 N–H and O–H groups in total. The average Bonchev–Trinajstić information content (AvgIpc) is 2.92. The summed E-state index contributed by atoms with van der Waals surface area (Å²) in [4.78, 5) is 0. The van der Waals surface area contributed by atoms with Gasteiger partial charge in [0.2, 0.25) is 0 Å². The van der Waals surface area contributed by atoms with Crippen molar-refractivity contribution in [2.45, 2.75) is 38.7 Å². The van der Waals surface area contributed by atoms with Crippen LogP contribution < -0.4 is 5.32 Å². The van der Waals surface area contributed by atoms with E-state index < -0.39 is 0 Å².